The second kappa shape index (κ2) is 15.9. The third-order valence-corrected chi connectivity index (χ3v) is 7.20. The number of hydrogen-bond donors (Lipinski definition) is 2. The minimum Gasteiger partial charge on any atom is -0.497 e. The van der Waals surface area contributed by atoms with Gasteiger partial charge in [-0.1, -0.05) is 60.7 Å². The largest absolute Gasteiger partial charge is 0.497 e. The molecule has 10 nitrogen and oxygen atoms in total. The molecule has 1 aliphatic rings. The molecule has 3 amide bonds. The Kier molecular flexibility index (Phi) is 11.5. The SMILES string of the molecule is COC(=O)[C@@H]1CCC(=O)N(Cc2ccc(OC)cc2)C/C=C/COc2ccccc2C(=O)N[C@H](Cc2ccccc2)C(=O)N1. The van der Waals surface area contributed by atoms with Gasteiger partial charge in [0.2, 0.25) is 11.8 Å². The topological polar surface area (TPSA) is 123 Å². The number of carbonyl (C=O) groups excluding carboxylic acids is 4. The van der Waals surface area contributed by atoms with E-state index < -0.39 is 29.9 Å². The van der Waals surface area contributed by atoms with Crippen molar-refractivity contribution in [2.45, 2.75) is 37.9 Å². The van der Waals surface area contributed by atoms with Crippen LogP contribution in [0.15, 0.2) is 91.0 Å². The number of nitrogens with zero attached hydrogens (tertiary/aromatic N) is 1. The van der Waals surface area contributed by atoms with Gasteiger partial charge in [0.1, 0.15) is 30.2 Å². The smallest absolute Gasteiger partial charge is 0.328 e. The van der Waals surface area contributed by atoms with Crippen molar-refractivity contribution < 1.29 is 33.4 Å². The number of nitrogens with one attached hydrogen (secondary N) is 2. The maximum atomic E-state index is 13.6. The van der Waals surface area contributed by atoms with Crippen LogP contribution in [0.1, 0.15) is 34.3 Å². The Hall–Kier alpha value is -5.12. The summed E-state index contributed by atoms with van der Waals surface area (Å²) in [6.07, 6.45) is 3.76. The molecule has 0 saturated carbocycles. The molecule has 0 bridgehead atoms. The highest BCUT2D eigenvalue weighted by Crippen LogP contribution is 2.19. The molecule has 230 valence electrons. The zero-order valence-corrected chi connectivity index (χ0v) is 24.9. The fourth-order valence-electron chi connectivity index (χ4n) is 4.78. The minimum atomic E-state index is -1.10. The van der Waals surface area contributed by atoms with Crippen LogP contribution < -0.4 is 20.1 Å². The fourth-order valence-corrected chi connectivity index (χ4v) is 4.78. The third-order valence-electron chi connectivity index (χ3n) is 7.20. The number of amides is 3. The molecule has 1 heterocycles. The van der Waals surface area contributed by atoms with Gasteiger partial charge < -0.3 is 29.7 Å². The molecule has 4 rings (SSSR count). The summed E-state index contributed by atoms with van der Waals surface area (Å²) in [5.41, 5.74) is 1.97. The van der Waals surface area contributed by atoms with Gasteiger partial charge in [-0.2, -0.15) is 0 Å². The van der Waals surface area contributed by atoms with Crippen LogP contribution in [-0.2, 0) is 32.1 Å². The number of benzene rings is 3. The summed E-state index contributed by atoms with van der Waals surface area (Å²) in [6.45, 7) is 0.766. The molecule has 0 aromatic heterocycles. The van der Waals surface area contributed by atoms with Gasteiger partial charge in [0.05, 0.1) is 19.8 Å². The summed E-state index contributed by atoms with van der Waals surface area (Å²) in [7, 11) is 2.81. The maximum absolute atomic E-state index is 13.6. The van der Waals surface area contributed by atoms with Crippen LogP contribution in [0.3, 0.4) is 0 Å². The Morgan fingerprint density at radius 1 is 0.886 bits per heavy atom. The normalized spacial score (nSPS) is 19.0. The van der Waals surface area contributed by atoms with E-state index in [0.717, 1.165) is 11.1 Å². The molecule has 3 aromatic rings. The van der Waals surface area contributed by atoms with E-state index >= 15 is 0 Å². The Morgan fingerprint density at radius 2 is 1.61 bits per heavy atom. The van der Waals surface area contributed by atoms with Crippen LogP contribution in [0.25, 0.3) is 0 Å². The van der Waals surface area contributed by atoms with Crippen molar-refractivity contribution in [2.75, 3.05) is 27.4 Å². The minimum absolute atomic E-state index is 0.0119. The molecule has 3 aromatic carbocycles. The Labute approximate surface area is 257 Å². The molecule has 0 fully saturated rings. The molecule has 0 spiro atoms. The summed E-state index contributed by atoms with van der Waals surface area (Å²) in [5.74, 6) is -0.926. The molecule has 1 aliphatic heterocycles. The van der Waals surface area contributed by atoms with Crippen LogP contribution in [-0.4, -0.2) is 68.0 Å². The number of hydrogen-bond acceptors (Lipinski definition) is 7. The van der Waals surface area contributed by atoms with E-state index in [2.05, 4.69) is 10.6 Å². The summed E-state index contributed by atoms with van der Waals surface area (Å²) in [5, 5.41) is 5.53. The number of fused-ring (bicyclic) bond motifs is 1. The molecule has 0 unspecified atom stereocenters. The van der Waals surface area contributed by atoms with Crippen molar-refractivity contribution in [3.63, 3.8) is 0 Å². The summed E-state index contributed by atoms with van der Waals surface area (Å²) in [6, 6.07) is 21.3. The number of esters is 1. The van der Waals surface area contributed by atoms with Crippen molar-refractivity contribution in [1.29, 1.82) is 0 Å². The van der Waals surface area contributed by atoms with Gasteiger partial charge in [0.15, 0.2) is 0 Å². The fraction of sp³-hybridized carbons (Fsp3) is 0.294. The van der Waals surface area contributed by atoms with Crippen LogP contribution in [0.5, 0.6) is 11.5 Å². The first-order valence-electron chi connectivity index (χ1n) is 14.4. The third kappa shape index (κ3) is 8.94. The zero-order chi connectivity index (χ0) is 31.3. The highest BCUT2D eigenvalue weighted by molar-refractivity contribution is 6.00. The van der Waals surface area contributed by atoms with Gasteiger partial charge in [-0.25, -0.2) is 4.79 Å². The second-order valence-electron chi connectivity index (χ2n) is 10.2. The van der Waals surface area contributed by atoms with Gasteiger partial charge in [-0.05, 0) is 47.9 Å². The summed E-state index contributed by atoms with van der Waals surface area (Å²) in [4.78, 5) is 54.9. The quantitative estimate of drug-likeness (QED) is 0.329. The molecule has 10 heteroatoms. The molecule has 44 heavy (non-hydrogen) atoms. The van der Waals surface area contributed by atoms with Gasteiger partial charge in [-0.15, -0.1) is 0 Å². The van der Waals surface area contributed by atoms with E-state index in [1.165, 1.54) is 7.11 Å². The maximum Gasteiger partial charge on any atom is 0.328 e. The van der Waals surface area contributed by atoms with Crippen molar-refractivity contribution in [1.82, 2.24) is 15.5 Å². The molecular formula is C34H37N3O7. The highest BCUT2D eigenvalue weighted by atomic mass is 16.5. The standard InChI is InChI=1S/C34H37N3O7/c1-42-26-16-14-25(15-17-26)23-37-20-8-9-21-44-30-13-7-6-12-27(30)32(39)36-29(22-24-10-4-3-5-11-24)33(40)35-28(34(41)43-2)18-19-31(37)38/h3-17,28-29H,18-23H2,1-2H3,(H,35,40)(H,36,39)/b9-8+/t28-,29+/m0/s1. The van der Waals surface area contributed by atoms with Crippen molar-refractivity contribution in [3.05, 3.63) is 108 Å². The lowest BCUT2D eigenvalue weighted by Crippen LogP contribution is -2.53. The molecular weight excluding hydrogens is 562 g/mol. The lowest BCUT2D eigenvalue weighted by molar-refractivity contribution is -0.145. The van der Waals surface area contributed by atoms with E-state index in [9.17, 15) is 19.2 Å². The predicted octanol–water partition coefficient (Wildman–Crippen LogP) is 3.45. The monoisotopic (exact) mass is 599 g/mol. The van der Waals surface area contributed by atoms with Gasteiger partial charge in [0.25, 0.3) is 5.91 Å². The lowest BCUT2D eigenvalue weighted by Gasteiger charge is -2.24. The van der Waals surface area contributed by atoms with Crippen LogP contribution >= 0.6 is 0 Å². The van der Waals surface area contributed by atoms with Crippen LogP contribution in [0, 0.1) is 0 Å². The van der Waals surface area contributed by atoms with E-state index in [0.29, 0.717) is 18.0 Å². The van der Waals surface area contributed by atoms with Crippen LogP contribution in [0.4, 0.5) is 0 Å². The van der Waals surface area contributed by atoms with Crippen LogP contribution in [0.2, 0.25) is 0 Å². The average Bonchev–Trinajstić information content (AvgIpc) is 3.05. The van der Waals surface area contributed by atoms with E-state index in [4.69, 9.17) is 14.2 Å². The summed E-state index contributed by atoms with van der Waals surface area (Å²) >= 11 is 0. The van der Waals surface area contributed by atoms with E-state index in [1.807, 2.05) is 60.7 Å². The zero-order valence-electron chi connectivity index (χ0n) is 24.9. The molecule has 2 atom stereocenters. The predicted molar refractivity (Wildman–Crippen MR) is 164 cm³/mol. The molecule has 2 N–H and O–H groups in total. The number of ether oxygens (including phenoxy) is 3. The lowest BCUT2D eigenvalue weighted by atomic mass is 10.0. The number of para-hydroxylation sites is 1. The average molecular weight is 600 g/mol. The highest BCUT2D eigenvalue weighted by Gasteiger charge is 2.29. The number of methoxy groups -OCH3 is 2. The molecule has 0 radical (unpaired) electrons. The Bertz CT molecular complexity index is 1460. The first-order chi connectivity index (χ1) is 21.4. The number of carbonyl (C=O) groups is 4. The van der Waals surface area contributed by atoms with Gasteiger partial charge >= 0.3 is 5.97 Å². The molecule has 0 saturated heterocycles. The Morgan fingerprint density at radius 3 is 2.34 bits per heavy atom. The molecule has 0 aliphatic carbocycles. The van der Waals surface area contributed by atoms with Crippen molar-refractivity contribution in [3.8, 4) is 11.5 Å². The summed E-state index contributed by atoms with van der Waals surface area (Å²) < 4.78 is 16.1. The van der Waals surface area contributed by atoms with Gasteiger partial charge in [0, 0.05) is 25.9 Å². The van der Waals surface area contributed by atoms with E-state index in [-0.39, 0.29) is 43.9 Å². The van der Waals surface area contributed by atoms with E-state index in [1.54, 1.807) is 42.4 Å². The van der Waals surface area contributed by atoms with Crippen molar-refractivity contribution >= 4 is 23.7 Å². The first kappa shape index (κ1) is 31.8. The second-order valence-corrected chi connectivity index (χ2v) is 10.2. The number of rotatable bonds is 6. The first-order valence-corrected chi connectivity index (χ1v) is 14.4. The Balaban J connectivity index is 1.63. The van der Waals surface area contributed by atoms with Gasteiger partial charge in [-0.3, -0.25) is 14.4 Å². The van der Waals surface area contributed by atoms with Crippen molar-refractivity contribution in [2.24, 2.45) is 0 Å².